The van der Waals surface area contributed by atoms with E-state index in [0.717, 1.165) is 56.0 Å². The molecule has 1 unspecified atom stereocenters. The first-order chi connectivity index (χ1) is 18.1. The van der Waals surface area contributed by atoms with Gasteiger partial charge in [-0.3, -0.25) is 0 Å². The summed E-state index contributed by atoms with van der Waals surface area (Å²) in [6.45, 7) is 5.06. The van der Waals surface area contributed by atoms with Gasteiger partial charge in [0, 0.05) is 43.8 Å². The zero-order valence-corrected chi connectivity index (χ0v) is 21.7. The number of likely N-dealkylation sites (tertiary alicyclic amines) is 1. The average molecular weight is 510 g/mol. The number of likely N-dealkylation sites (N-methyl/N-ethyl adjacent to an activating group) is 1. The normalized spacial score (nSPS) is 22.3. The van der Waals surface area contributed by atoms with Gasteiger partial charge in [-0.1, -0.05) is 6.07 Å². The Morgan fingerprint density at radius 1 is 1.19 bits per heavy atom. The SMILES string of the molecule is COc1cccc(N2CCCc3c(nc(OC[C@@H]4CCCN4C)nc3N3CCNC(CC#N)C3)C2)c1F. The average Bonchev–Trinajstić information content (AvgIpc) is 3.20. The summed E-state index contributed by atoms with van der Waals surface area (Å²) in [5.74, 6) is 0.765. The van der Waals surface area contributed by atoms with E-state index in [1.54, 1.807) is 12.1 Å². The van der Waals surface area contributed by atoms with E-state index in [0.29, 0.717) is 50.4 Å². The second-order valence-corrected chi connectivity index (χ2v) is 10.1. The number of hydrogen-bond donors (Lipinski definition) is 1. The van der Waals surface area contributed by atoms with Crippen molar-refractivity contribution in [2.24, 2.45) is 0 Å². The smallest absolute Gasteiger partial charge is 0.318 e. The zero-order valence-electron chi connectivity index (χ0n) is 21.7. The van der Waals surface area contributed by atoms with Gasteiger partial charge < -0.3 is 29.5 Å². The molecule has 1 N–H and O–H groups in total. The summed E-state index contributed by atoms with van der Waals surface area (Å²) in [6, 6.07) is 8.35. The molecule has 2 aromatic rings. The lowest BCUT2D eigenvalue weighted by Crippen LogP contribution is -2.51. The molecule has 0 aliphatic carbocycles. The highest BCUT2D eigenvalue weighted by Gasteiger charge is 2.29. The van der Waals surface area contributed by atoms with E-state index < -0.39 is 0 Å². The fourth-order valence-electron chi connectivity index (χ4n) is 5.65. The molecule has 0 saturated carbocycles. The van der Waals surface area contributed by atoms with Gasteiger partial charge in [0.1, 0.15) is 12.4 Å². The second-order valence-electron chi connectivity index (χ2n) is 10.1. The lowest BCUT2D eigenvalue weighted by Gasteiger charge is -2.35. The van der Waals surface area contributed by atoms with Crippen molar-refractivity contribution in [1.82, 2.24) is 20.2 Å². The van der Waals surface area contributed by atoms with E-state index in [4.69, 9.17) is 19.4 Å². The lowest BCUT2D eigenvalue weighted by atomic mass is 10.1. The third-order valence-electron chi connectivity index (χ3n) is 7.72. The first kappa shape index (κ1) is 25.5. The summed E-state index contributed by atoms with van der Waals surface area (Å²) in [6.07, 6.45) is 4.36. The van der Waals surface area contributed by atoms with E-state index in [1.807, 2.05) is 11.0 Å². The van der Waals surface area contributed by atoms with Gasteiger partial charge in [0.2, 0.25) is 0 Å². The van der Waals surface area contributed by atoms with E-state index in [1.165, 1.54) is 13.5 Å². The van der Waals surface area contributed by atoms with Crippen molar-refractivity contribution >= 4 is 11.5 Å². The Hall–Kier alpha value is -3.16. The minimum absolute atomic E-state index is 0.0917. The molecular weight excluding hydrogens is 473 g/mol. The van der Waals surface area contributed by atoms with Crippen LogP contribution < -0.4 is 24.6 Å². The van der Waals surface area contributed by atoms with Crippen LogP contribution in [0.4, 0.5) is 15.9 Å². The summed E-state index contributed by atoms with van der Waals surface area (Å²) < 4.78 is 26.6. The molecule has 1 aromatic carbocycles. The number of nitriles is 1. The Kier molecular flexibility index (Phi) is 7.91. The Morgan fingerprint density at radius 3 is 2.86 bits per heavy atom. The van der Waals surface area contributed by atoms with Crippen LogP contribution in [0.1, 0.15) is 36.9 Å². The molecule has 0 spiro atoms. The van der Waals surface area contributed by atoms with Gasteiger partial charge in [-0.25, -0.2) is 4.39 Å². The van der Waals surface area contributed by atoms with E-state index in [9.17, 15) is 5.26 Å². The number of nitrogens with one attached hydrogen (secondary N) is 1. The predicted molar refractivity (Wildman–Crippen MR) is 140 cm³/mol. The summed E-state index contributed by atoms with van der Waals surface area (Å²) in [5, 5.41) is 12.7. The first-order valence-electron chi connectivity index (χ1n) is 13.2. The molecule has 2 atom stereocenters. The molecule has 0 amide bonds. The van der Waals surface area contributed by atoms with Gasteiger partial charge in [0.05, 0.1) is 37.5 Å². The van der Waals surface area contributed by atoms with Crippen LogP contribution in [0, 0.1) is 17.1 Å². The number of halogens is 1. The summed E-state index contributed by atoms with van der Waals surface area (Å²) in [5.41, 5.74) is 2.47. The molecule has 2 fully saturated rings. The number of nitrogens with zero attached hydrogens (tertiary/aromatic N) is 6. The van der Waals surface area contributed by atoms with Crippen LogP contribution >= 0.6 is 0 Å². The van der Waals surface area contributed by atoms with Gasteiger partial charge in [-0.2, -0.15) is 15.2 Å². The van der Waals surface area contributed by atoms with Crippen LogP contribution in [0.25, 0.3) is 0 Å². The number of methoxy groups -OCH3 is 1. The fraction of sp³-hybridized carbons (Fsp3) is 0.593. The van der Waals surface area contributed by atoms with Gasteiger partial charge >= 0.3 is 6.01 Å². The van der Waals surface area contributed by atoms with Crippen molar-refractivity contribution in [3.05, 3.63) is 35.3 Å². The molecule has 37 heavy (non-hydrogen) atoms. The van der Waals surface area contributed by atoms with Crippen LogP contribution in [0.3, 0.4) is 0 Å². The van der Waals surface area contributed by atoms with Crippen molar-refractivity contribution in [1.29, 1.82) is 5.26 Å². The molecule has 5 rings (SSSR count). The van der Waals surface area contributed by atoms with E-state index >= 15 is 4.39 Å². The van der Waals surface area contributed by atoms with Crippen LogP contribution in [0.5, 0.6) is 11.8 Å². The van der Waals surface area contributed by atoms with Crippen molar-refractivity contribution < 1.29 is 13.9 Å². The standard InChI is InChI=1S/C27H36FN7O2/c1-33-13-4-6-20(33)18-37-27-31-22-17-34(23-8-3-9-24(36-2)25(23)28)14-5-7-21(22)26(32-27)35-15-12-30-19(16-35)10-11-29/h3,8-9,19-20,30H,4-7,10,12-18H2,1-2H3/t19?,20-/m0/s1. The minimum Gasteiger partial charge on any atom is -0.494 e. The molecule has 4 heterocycles. The number of rotatable bonds is 7. The summed E-state index contributed by atoms with van der Waals surface area (Å²) in [4.78, 5) is 16.4. The van der Waals surface area contributed by atoms with Gasteiger partial charge in [0.15, 0.2) is 11.6 Å². The van der Waals surface area contributed by atoms with Gasteiger partial charge in [-0.05, 0) is 51.4 Å². The number of aromatic nitrogens is 2. The number of benzene rings is 1. The van der Waals surface area contributed by atoms with Crippen LogP contribution in [-0.4, -0.2) is 80.4 Å². The first-order valence-corrected chi connectivity index (χ1v) is 13.2. The van der Waals surface area contributed by atoms with E-state index in [2.05, 4.69) is 28.2 Å². The molecule has 10 heteroatoms. The third-order valence-corrected chi connectivity index (χ3v) is 7.72. The highest BCUT2D eigenvalue weighted by atomic mass is 19.1. The number of anilines is 2. The predicted octanol–water partition coefficient (Wildman–Crippen LogP) is 2.74. The maximum absolute atomic E-state index is 15.2. The Bertz CT molecular complexity index is 1140. The van der Waals surface area contributed by atoms with Crippen molar-refractivity contribution in [2.45, 2.75) is 50.7 Å². The maximum Gasteiger partial charge on any atom is 0.318 e. The number of fused-ring (bicyclic) bond motifs is 1. The molecule has 198 valence electrons. The molecular formula is C27H36FN7O2. The van der Waals surface area contributed by atoms with Gasteiger partial charge in [0.25, 0.3) is 0 Å². The quantitative estimate of drug-likeness (QED) is 0.605. The van der Waals surface area contributed by atoms with Crippen LogP contribution in [0.15, 0.2) is 18.2 Å². The Balaban J connectivity index is 1.47. The van der Waals surface area contributed by atoms with Gasteiger partial charge in [-0.15, -0.1) is 0 Å². The zero-order chi connectivity index (χ0) is 25.8. The van der Waals surface area contributed by atoms with Crippen molar-refractivity contribution in [3.8, 4) is 17.8 Å². The Labute approximate surface area is 218 Å². The molecule has 1 aromatic heterocycles. The molecule has 3 aliphatic heterocycles. The topological polar surface area (TPSA) is 89.8 Å². The molecule has 0 radical (unpaired) electrons. The minimum atomic E-state index is -0.357. The molecule has 9 nitrogen and oxygen atoms in total. The van der Waals surface area contributed by atoms with E-state index in [-0.39, 0.29) is 17.6 Å². The highest BCUT2D eigenvalue weighted by Crippen LogP contribution is 2.34. The summed E-state index contributed by atoms with van der Waals surface area (Å²) in [7, 11) is 3.61. The maximum atomic E-state index is 15.2. The molecule has 2 saturated heterocycles. The third kappa shape index (κ3) is 5.58. The second kappa shape index (κ2) is 11.5. The van der Waals surface area contributed by atoms with Crippen molar-refractivity contribution in [2.75, 3.05) is 63.3 Å². The van der Waals surface area contributed by atoms with Crippen LogP contribution in [-0.2, 0) is 13.0 Å². The lowest BCUT2D eigenvalue weighted by molar-refractivity contribution is 0.187. The van der Waals surface area contributed by atoms with Crippen molar-refractivity contribution in [3.63, 3.8) is 0 Å². The molecule has 3 aliphatic rings. The highest BCUT2D eigenvalue weighted by molar-refractivity contribution is 5.56. The molecule has 0 bridgehead atoms. The number of ether oxygens (including phenoxy) is 2. The van der Waals surface area contributed by atoms with Crippen LogP contribution in [0.2, 0.25) is 0 Å². The number of piperazine rings is 1. The largest absolute Gasteiger partial charge is 0.494 e. The Morgan fingerprint density at radius 2 is 2.08 bits per heavy atom. The number of hydrogen-bond acceptors (Lipinski definition) is 9. The summed E-state index contributed by atoms with van der Waals surface area (Å²) >= 11 is 0. The monoisotopic (exact) mass is 509 g/mol. The fourth-order valence-corrected chi connectivity index (χ4v) is 5.65.